The van der Waals surface area contributed by atoms with E-state index in [-0.39, 0.29) is 29.9 Å². The SMILES string of the molecule is CC1CCN(C(=O)CCn2cnc3sc4c(c3c2=O)CCCC4)C(CN)C1.Cl. The van der Waals surface area contributed by atoms with Crippen LogP contribution in [0.3, 0.4) is 0 Å². The number of likely N-dealkylation sites (tertiary alicyclic amines) is 1. The molecule has 4 rings (SSSR count). The summed E-state index contributed by atoms with van der Waals surface area (Å²) in [5.74, 6) is 0.707. The Hall–Kier alpha value is -1.44. The molecule has 3 heterocycles. The average molecular weight is 425 g/mol. The van der Waals surface area contributed by atoms with Crippen molar-refractivity contribution in [3.05, 3.63) is 27.1 Å². The summed E-state index contributed by atoms with van der Waals surface area (Å²) in [6.07, 6.45) is 8.29. The number of nitrogens with two attached hydrogens (primary N) is 1. The quantitative estimate of drug-likeness (QED) is 0.818. The lowest BCUT2D eigenvalue weighted by molar-refractivity contribution is -0.135. The van der Waals surface area contributed by atoms with Crippen molar-refractivity contribution in [1.82, 2.24) is 14.5 Å². The number of carbonyl (C=O) groups is 1. The lowest BCUT2D eigenvalue weighted by atomic mass is 9.92. The number of hydrogen-bond donors (Lipinski definition) is 1. The van der Waals surface area contributed by atoms with E-state index in [1.165, 1.54) is 16.9 Å². The third-order valence-corrected chi connectivity index (χ3v) is 7.28. The Kier molecular flexibility index (Phi) is 6.78. The zero-order valence-electron chi connectivity index (χ0n) is 16.4. The van der Waals surface area contributed by atoms with Crippen molar-refractivity contribution in [3.8, 4) is 0 Å². The van der Waals surface area contributed by atoms with Gasteiger partial charge in [-0.25, -0.2) is 4.98 Å². The van der Waals surface area contributed by atoms with Gasteiger partial charge in [0.2, 0.25) is 5.91 Å². The molecule has 1 saturated heterocycles. The number of aryl methyl sites for hydroxylation is 3. The Balaban J connectivity index is 0.00000225. The molecule has 1 fully saturated rings. The van der Waals surface area contributed by atoms with E-state index < -0.39 is 0 Å². The predicted molar refractivity (Wildman–Crippen MR) is 115 cm³/mol. The second-order valence-electron chi connectivity index (χ2n) is 7.99. The monoisotopic (exact) mass is 424 g/mol. The molecule has 0 aromatic carbocycles. The molecule has 2 N–H and O–H groups in total. The largest absolute Gasteiger partial charge is 0.338 e. The molecule has 2 aromatic heterocycles. The smallest absolute Gasteiger partial charge is 0.262 e. The van der Waals surface area contributed by atoms with Gasteiger partial charge >= 0.3 is 0 Å². The third kappa shape index (κ3) is 3.98. The maximum absolute atomic E-state index is 13.0. The molecular formula is C20H29ClN4O2S. The minimum atomic E-state index is 0. The van der Waals surface area contributed by atoms with Gasteiger partial charge in [0.25, 0.3) is 5.56 Å². The molecule has 8 heteroatoms. The first-order chi connectivity index (χ1) is 13.1. The predicted octanol–water partition coefficient (Wildman–Crippen LogP) is 2.73. The van der Waals surface area contributed by atoms with E-state index in [0.717, 1.165) is 48.9 Å². The van der Waals surface area contributed by atoms with Gasteiger partial charge in [0, 0.05) is 37.0 Å². The summed E-state index contributed by atoms with van der Waals surface area (Å²) in [7, 11) is 0. The summed E-state index contributed by atoms with van der Waals surface area (Å²) in [5, 5.41) is 0.788. The van der Waals surface area contributed by atoms with Crippen LogP contribution in [0, 0.1) is 5.92 Å². The van der Waals surface area contributed by atoms with Crippen LogP contribution in [-0.4, -0.2) is 39.5 Å². The highest BCUT2D eigenvalue weighted by molar-refractivity contribution is 7.18. The third-order valence-electron chi connectivity index (χ3n) is 6.08. The topological polar surface area (TPSA) is 81.2 Å². The zero-order chi connectivity index (χ0) is 19.0. The van der Waals surface area contributed by atoms with Crippen LogP contribution in [0.2, 0.25) is 0 Å². The van der Waals surface area contributed by atoms with Crippen molar-refractivity contribution < 1.29 is 4.79 Å². The van der Waals surface area contributed by atoms with E-state index in [4.69, 9.17) is 5.73 Å². The highest BCUT2D eigenvalue weighted by Crippen LogP contribution is 2.33. The maximum atomic E-state index is 13.0. The van der Waals surface area contributed by atoms with Crippen molar-refractivity contribution >= 4 is 39.9 Å². The van der Waals surface area contributed by atoms with Crippen LogP contribution in [0.15, 0.2) is 11.1 Å². The molecular weight excluding hydrogens is 396 g/mol. The van der Waals surface area contributed by atoms with Crippen molar-refractivity contribution in [3.63, 3.8) is 0 Å². The lowest BCUT2D eigenvalue weighted by Crippen LogP contribution is -2.49. The van der Waals surface area contributed by atoms with Crippen LogP contribution >= 0.6 is 23.7 Å². The molecule has 28 heavy (non-hydrogen) atoms. The molecule has 1 aliphatic carbocycles. The fourth-order valence-electron chi connectivity index (χ4n) is 4.50. The number of fused-ring (bicyclic) bond motifs is 3. The van der Waals surface area contributed by atoms with Gasteiger partial charge in [0.1, 0.15) is 4.83 Å². The standard InChI is InChI=1S/C20H28N4O2S.ClH/c1-13-6-9-24(14(10-13)11-21)17(25)7-8-23-12-22-19-18(20(23)26)15-4-2-3-5-16(15)27-19;/h12-14H,2-11,21H2,1H3;1H. The van der Waals surface area contributed by atoms with E-state index in [1.54, 1.807) is 22.2 Å². The number of amides is 1. The second kappa shape index (κ2) is 8.93. The molecule has 2 atom stereocenters. The van der Waals surface area contributed by atoms with Gasteiger partial charge in [-0.2, -0.15) is 0 Å². The van der Waals surface area contributed by atoms with Gasteiger partial charge < -0.3 is 10.6 Å². The fraction of sp³-hybridized carbons (Fsp3) is 0.650. The molecule has 0 bridgehead atoms. The van der Waals surface area contributed by atoms with Crippen LogP contribution in [-0.2, 0) is 24.2 Å². The van der Waals surface area contributed by atoms with Crippen molar-refractivity contribution in [1.29, 1.82) is 0 Å². The number of hydrogen-bond acceptors (Lipinski definition) is 5. The Morgan fingerprint density at radius 2 is 2.14 bits per heavy atom. The average Bonchev–Trinajstić information content (AvgIpc) is 3.06. The lowest BCUT2D eigenvalue weighted by Gasteiger charge is -2.38. The first-order valence-corrected chi connectivity index (χ1v) is 10.9. The zero-order valence-corrected chi connectivity index (χ0v) is 18.0. The molecule has 0 saturated carbocycles. The van der Waals surface area contributed by atoms with E-state index >= 15 is 0 Å². The number of carbonyl (C=O) groups excluding carboxylic acids is 1. The minimum Gasteiger partial charge on any atom is -0.338 e. The molecule has 0 spiro atoms. The first kappa shape index (κ1) is 21.3. The summed E-state index contributed by atoms with van der Waals surface area (Å²) in [6.45, 7) is 3.87. The van der Waals surface area contributed by atoms with Gasteiger partial charge in [-0.05, 0) is 50.0 Å². The summed E-state index contributed by atoms with van der Waals surface area (Å²) in [6, 6.07) is 0.127. The van der Waals surface area contributed by atoms with E-state index in [0.29, 0.717) is 25.4 Å². The summed E-state index contributed by atoms with van der Waals surface area (Å²) >= 11 is 1.66. The molecule has 6 nitrogen and oxygen atoms in total. The highest BCUT2D eigenvalue weighted by atomic mass is 35.5. The molecule has 2 aliphatic rings. The molecule has 2 aromatic rings. The van der Waals surface area contributed by atoms with E-state index in [1.807, 2.05) is 4.90 Å². The Bertz CT molecular complexity index is 909. The summed E-state index contributed by atoms with van der Waals surface area (Å²) in [4.78, 5) is 34.3. The number of rotatable bonds is 4. The van der Waals surface area contributed by atoms with Gasteiger partial charge in [0.15, 0.2) is 0 Å². The van der Waals surface area contributed by atoms with Gasteiger partial charge in [0.05, 0.1) is 11.7 Å². The molecule has 1 amide bonds. The summed E-state index contributed by atoms with van der Waals surface area (Å²) in [5.41, 5.74) is 7.09. The second-order valence-corrected chi connectivity index (χ2v) is 9.07. The Labute approximate surface area is 175 Å². The van der Waals surface area contributed by atoms with Crippen LogP contribution in [0.25, 0.3) is 10.2 Å². The molecule has 154 valence electrons. The minimum absolute atomic E-state index is 0. The molecule has 0 radical (unpaired) electrons. The van der Waals surface area contributed by atoms with Crippen LogP contribution in [0.1, 0.15) is 49.5 Å². The fourth-order valence-corrected chi connectivity index (χ4v) is 5.72. The van der Waals surface area contributed by atoms with Crippen molar-refractivity contribution in [2.75, 3.05) is 13.1 Å². The Morgan fingerprint density at radius 3 is 2.93 bits per heavy atom. The van der Waals surface area contributed by atoms with Gasteiger partial charge in [-0.15, -0.1) is 23.7 Å². The van der Waals surface area contributed by atoms with Crippen LogP contribution in [0.4, 0.5) is 0 Å². The van der Waals surface area contributed by atoms with E-state index in [2.05, 4.69) is 11.9 Å². The van der Waals surface area contributed by atoms with Gasteiger partial charge in [-0.3, -0.25) is 14.2 Å². The number of nitrogens with zero attached hydrogens (tertiary/aromatic N) is 3. The highest BCUT2D eigenvalue weighted by Gasteiger charge is 2.28. The van der Waals surface area contributed by atoms with Crippen molar-refractivity contribution in [2.45, 2.75) is 64.5 Å². The van der Waals surface area contributed by atoms with Crippen LogP contribution in [0.5, 0.6) is 0 Å². The van der Waals surface area contributed by atoms with Gasteiger partial charge in [-0.1, -0.05) is 6.92 Å². The van der Waals surface area contributed by atoms with E-state index in [9.17, 15) is 9.59 Å². The molecule has 2 unspecified atom stereocenters. The number of halogens is 1. The first-order valence-electron chi connectivity index (χ1n) is 10.1. The Morgan fingerprint density at radius 1 is 1.36 bits per heavy atom. The normalized spacial score (nSPS) is 22.0. The maximum Gasteiger partial charge on any atom is 0.262 e. The van der Waals surface area contributed by atoms with Crippen molar-refractivity contribution in [2.24, 2.45) is 11.7 Å². The molecule has 1 aliphatic heterocycles. The number of piperidine rings is 1. The summed E-state index contributed by atoms with van der Waals surface area (Å²) < 4.78 is 1.62. The van der Waals surface area contributed by atoms with Crippen LogP contribution < -0.4 is 11.3 Å². The number of aromatic nitrogens is 2. The number of thiophene rings is 1.